The van der Waals surface area contributed by atoms with E-state index in [1.54, 1.807) is 0 Å². The van der Waals surface area contributed by atoms with Gasteiger partial charge in [0.15, 0.2) is 0 Å². The van der Waals surface area contributed by atoms with Crippen molar-refractivity contribution in [1.29, 1.82) is 0 Å². The maximum absolute atomic E-state index is 12.3. The number of amides is 2. The number of fused-ring (bicyclic) bond motifs is 1. The van der Waals surface area contributed by atoms with Gasteiger partial charge in [-0.15, -0.1) is 0 Å². The highest BCUT2D eigenvalue weighted by atomic mass is 16.4. The van der Waals surface area contributed by atoms with Crippen LogP contribution in [0, 0.1) is 0 Å². The third-order valence-electron chi connectivity index (χ3n) is 4.20. The Balaban J connectivity index is 1.84. The highest BCUT2D eigenvalue weighted by Gasteiger charge is 2.42. The summed E-state index contributed by atoms with van der Waals surface area (Å²) in [6.07, 6.45) is 2.29. The number of nitrogens with one attached hydrogen (secondary N) is 1. The SMILES string of the molecule is CC1(NC(=O)N2Cc3ccccc3C[C@@H]2C(=O)O)CC1. The summed E-state index contributed by atoms with van der Waals surface area (Å²) < 4.78 is 0. The van der Waals surface area contributed by atoms with E-state index < -0.39 is 12.0 Å². The fourth-order valence-corrected chi connectivity index (χ4v) is 2.60. The Morgan fingerprint density at radius 1 is 1.30 bits per heavy atom. The molecule has 3 rings (SSSR count). The first-order chi connectivity index (χ1) is 9.48. The number of urea groups is 1. The number of hydrogen-bond donors (Lipinski definition) is 2. The van der Waals surface area contributed by atoms with Gasteiger partial charge >= 0.3 is 12.0 Å². The van der Waals surface area contributed by atoms with E-state index in [4.69, 9.17) is 0 Å². The fraction of sp³-hybridized carbons (Fsp3) is 0.467. The van der Waals surface area contributed by atoms with Crippen LogP contribution >= 0.6 is 0 Å². The van der Waals surface area contributed by atoms with Crippen molar-refractivity contribution in [2.24, 2.45) is 0 Å². The summed E-state index contributed by atoms with van der Waals surface area (Å²) in [6.45, 7) is 2.34. The van der Waals surface area contributed by atoms with Crippen molar-refractivity contribution in [3.8, 4) is 0 Å². The number of aliphatic carboxylic acids is 1. The summed E-state index contributed by atoms with van der Waals surface area (Å²) in [6, 6.07) is 6.64. The third kappa shape index (κ3) is 2.35. The van der Waals surface area contributed by atoms with Gasteiger partial charge in [-0.1, -0.05) is 24.3 Å². The minimum atomic E-state index is -0.949. The van der Waals surface area contributed by atoms with Crippen LogP contribution in [0.15, 0.2) is 24.3 Å². The first-order valence-electron chi connectivity index (χ1n) is 6.87. The fourth-order valence-electron chi connectivity index (χ4n) is 2.60. The molecule has 106 valence electrons. The van der Waals surface area contributed by atoms with Crippen LogP contribution in [-0.4, -0.2) is 33.6 Å². The lowest BCUT2D eigenvalue weighted by atomic mass is 9.94. The van der Waals surface area contributed by atoms with Gasteiger partial charge in [0.2, 0.25) is 0 Å². The van der Waals surface area contributed by atoms with Crippen LogP contribution in [0.2, 0.25) is 0 Å². The zero-order chi connectivity index (χ0) is 14.3. The topological polar surface area (TPSA) is 69.6 Å². The van der Waals surface area contributed by atoms with Gasteiger partial charge in [0.05, 0.1) is 0 Å². The lowest BCUT2D eigenvalue weighted by Crippen LogP contribution is -2.54. The molecule has 1 aromatic carbocycles. The van der Waals surface area contributed by atoms with Gasteiger partial charge in [0.25, 0.3) is 0 Å². The second-order valence-corrected chi connectivity index (χ2v) is 5.95. The molecular weight excluding hydrogens is 256 g/mol. The van der Waals surface area contributed by atoms with Gasteiger partial charge in [0.1, 0.15) is 6.04 Å². The van der Waals surface area contributed by atoms with Crippen LogP contribution in [0.25, 0.3) is 0 Å². The number of carbonyl (C=O) groups excluding carboxylic acids is 1. The minimum Gasteiger partial charge on any atom is -0.480 e. The molecule has 2 aliphatic rings. The van der Waals surface area contributed by atoms with Crippen LogP contribution in [0.1, 0.15) is 30.9 Å². The molecule has 5 heteroatoms. The Bertz CT molecular complexity index is 566. The van der Waals surface area contributed by atoms with E-state index in [9.17, 15) is 14.7 Å². The van der Waals surface area contributed by atoms with Crippen LogP contribution in [0.4, 0.5) is 4.79 Å². The number of benzene rings is 1. The molecule has 1 aromatic rings. The molecule has 1 aliphatic carbocycles. The van der Waals surface area contributed by atoms with Gasteiger partial charge in [-0.25, -0.2) is 9.59 Å². The van der Waals surface area contributed by atoms with Crippen LogP contribution in [0.3, 0.4) is 0 Å². The monoisotopic (exact) mass is 274 g/mol. The van der Waals surface area contributed by atoms with E-state index in [-0.39, 0.29) is 11.6 Å². The average molecular weight is 274 g/mol. The smallest absolute Gasteiger partial charge is 0.326 e. The zero-order valence-electron chi connectivity index (χ0n) is 11.4. The molecule has 0 unspecified atom stereocenters. The summed E-state index contributed by atoms with van der Waals surface area (Å²) in [7, 11) is 0. The Kier molecular flexibility index (Phi) is 2.92. The number of carboxylic acid groups (broad SMARTS) is 1. The number of nitrogens with zero attached hydrogens (tertiary/aromatic N) is 1. The lowest BCUT2D eigenvalue weighted by molar-refractivity contribution is -0.142. The quantitative estimate of drug-likeness (QED) is 0.863. The summed E-state index contributed by atoms with van der Waals surface area (Å²) in [5.41, 5.74) is 1.90. The van der Waals surface area contributed by atoms with Gasteiger partial charge < -0.3 is 15.3 Å². The lowest BCUT2D eigenvalue weighted by Gasteiger charge is -2.35. The van der Waals surface area contributed by atoms with E-state index in [0.717, 1.165) is 24.0 Å². The van der Waals surface area contributed by atoms with Crippen LogP contribution < -0.4 is 5.32 Å². The summed E-state index contributed by atoms with van der Waals surface area (Å²) in [4.78, 5) is 25.2. The molecule has 5 nitrogen and oxygen atoms in total. The number of carbonyl (C=O) groups is 2. The van der Waals surface area contributed by atoms with Gasteiger partial charge in [-0.2, -0.15) is 0 Å². The summed E-state index contributed by atoms with van der Waals surface area (Å²) in [5.74, 6) is -0.949. The normalized spacial score (nSPS) is 22.9. The predicted octanol–water partition coefficient (Wildman–Crippen LogP) is 1.76. The molecule has 1 aliphatic heterocycles. The van der Waals surface area contributed by atoms with Crippen molar-refractivity contribution in [2.45, 2.75) is 44.3 Å². The van der Waals surface area contributed by atoms with Crippen molar-refractivity contribution in [3.63, 3.8) is 0 Å². The van der Waals surface area contributed by atoms with Crippen molar-refractivity contribution < 1.29 is 14.7 Å². The number of rotatable bonds is 2. The molecule has 20 heavy (non-hydrogen) atoms. The van der Waals surface area contributed by atoms with Gasteiger partial charge in [-0.3, -0.25) is 0 Å². The van der Waals surface area contributed by atoms with Crippen LogP contribution in [0.5, 0.6) is 0 Å². The Hall–Kier alpha value is -2.04. The molecule has 1 atom stereocenters. The summed E-state index contributed by atoms with van der Waals surface area (Å²) >= 11 is 0. The maximum atomic E-state index is 12.3. The largest absolute Gasteiger partial charge is 0.480 e. The number of carboxylic acids is 1. The van der Waals surface area contributed by atoms with E-state index in [0.29, 0.717) is 13.0 Å². The molecule has 1 saturated carbocycles. The average Bonchev–Trinajstić information content (AvgIpc) is 3.14. The highest BCUT2D eigenvalue weighted by Crippen LogP contribution is 2.35. The highest BCUT2D eigenvalue weighted by molar-refractivity contribution is 5.84. The molecule has 2 N–H and O–H groups in total. The molecule has 0 bridgehead atoms. The molecular formula is C15H18N2O3. The minimum absolute atomic E-state index is 0.142. The molecule has 1 fully saturated rings. The second-order valence-electron chi connectivity index (χ2n) is 5.95. The summed E-state index contributed by atoms with van der Waals surface area (Å²) in [5, 5.41) is 12.3. The molecule has 0 spiro atoms. The maximum Gasteiger partial charge on any atom is 0.326 e. The first-order valence-corrected chi connectivity index (χ1v) is 6.87. The van der Waals surface area contributed by atoms with E-state index in [1.807, 2.05) is 31.2 Å². The molecule has 2 amide bonds. The Morgan fingerprint density at radius 2 is 1.95 bits per heavy atom. The molecule has 0 aromatic heterocycles. The van der Waals surface area contributed by atoms with E-state index >= 15 is 0 Å². The first kappa shape index (κ1) is 13.0. The van der Waals surface area contributed by atoms with Crippen molar-refractivity contribution >= 4 is 12.0 Å². The van der Waals surface area contributed by atoms with E-state index in [1.165, 1.54) is 4.90 Å². The van der Waals surface area contributed by atoms with E-state index in [2.05, 4.69) is 5.32 Å². The van der Waals surface area contributed by atoms with Crippen molar-refractivity contribution in [3.05, 3.63) is 35.4 Å². The molecule has 1 heterocycles. The van der Waals surface area contributed by atoms with Gasteiger partial charge in [-0.05, 0) is 30.9 Å². The number of hydrogen-bond acceptors (Lipinski definition) is 2. The second kappa shape index (κ2) is 4.51. The van der Waals surface area contributed by atoms with Crippen molar-refractivity contribution in [2.75, 3.05) is 0 Å². The van der Waals surface area contributed by atoms with Crippen LogP contribution in [-0.2, 0) is 17.8 Å². The van der Waals surface area contributed by atoms with Gasteiger partial charge in [0, 0.05) is 18.5 Å². The Morgan fingerprint density at radius 3 is 2.55 bits per heavy atom. The molecule has 0 radical (unpaired) electrons. The third-order valence-corrected chi connectivity index (χ3v) is 4.20. The zero-order valence-corrected chi connectivity index (χ0v) is 11.4. The van der Waals surface area contributed by atoms with Crippen molar-refractivity contribution in [1.82, 2.24) is 10.2 Å². The standard InChI is InChI=1S/C15H18N2O3/c1-15(6-7-15)16-14(20)17-9-11-5-3-2-4-10(11)8-12(17)13(18)19/h2-5,12H,6-9H2,1H3,(H,16,20)(H,18,19)/t12-/m1/s1. The molecule has 0 saturated heterocycles. The predicted molar refractivity (Wildman–Crippen MR) is 73.3 cm³/mol. The Labute approximate surface area is 117 Å².